The molecule has 0 bridgehead atoms. The van der Waals surface area contributed by atoms with Crippen LogP contribution in [0, 0.1) is 0 Å². The van der Waals surface area contributed by atoms with E-state index in [1.165, 1.54) is 34.7 Å². The molecule has 0 amide bonds. The Morgan fingerprint density at radius 1 is 1.13 bits per heavy atom. The zero-order valence-corrected chi connectivity index (χ0v) is 9.33. The highest BCUT2D eigenvalue weighted by molar-refractivity contribution is 7.99. The topological polar surface area (TPSA) is 4.93 Å². The summed E-state index contributed by atoms with van der Waals surface area (Å²) in [5.41, 5.74) is 2.79. The maximum absolute atomic E-state index is 2.32. The van der Waals surface area contributed by atoms with Crippen molar-refractivity contribution in [2.75, 3.05) is 5.75 Å². The fraction of sp³-hybridized carbons (Fsp3) is 0.231. The molecule has 1 nitrogen and oxygen atoms in total. The number of thioether (sulfide) groups is 1. The van der Waals surface area contributed by atoms with Gasteiger partial charge in [-0.05, 0) is 54.5 Å². The smallest absolute Gasteiger partial charge is 0.0452 e. The minimum atomic E-state index is 1.23. The van der Waals surface area contributed by atoms with Gasteiger partial charge in [0.2, 0.25) is 0 Å². The Bertz CT molecular complexity index is 459. The molecule has 76 valence electrons. The number of fused-ring (bicyclic) bond motifs is 1. The lowest BCUT2D eigenvalue weighted by molar-refractivity contribution is 0.884. The van der Waals surface area contributed by atoms with Gasteiger partial charge in [0.25, 0.3) is 0 Å². The highest BCUT2D eigenvalue weighted by Gasteiger charge is 2.09. The van der Waals surface area contributed by atoms with E-state index in [0.29, 0.717) is 0 Å². The predicted octanol–water partition coefficient (Wildman–Crippen LogP) is 3.52. The van der Waals surface area contributed by atoms with Crippen molar-refractivity contribution in [1.82, 2.24) is 4.57 Å². The largest absolute Gasteiger partial charge is 0.324 e. The number of hydrogen-bond donors (Lipinski definition) is 0. The van der Waals surface area contributed by atoms with Gasteiger partial charge in [0.1, 0.15) is 0 Å². The summed E-state index contributed by atoms with van der Waals surface area (Å²) >= 11 is 1.99. The molecule has 1 aromatic heterocycles. The Labute approximate surface area is 94.1 Å². The second-order valence-electron chi connectivity index (χ2n) is 3.83. The Kier molecular flexibility index (Phi) is 2.29. The van der Waals surface area contributed by atoms with Crippen molar-refractivity contribution in [2.45, 2.75) is 17.7 Å². The van der Waals surface area contributed by atoms with Crippen LogP contribution in [0.15, 0.2) is 47.6 Å². The van der Waals surface area contributed by atoms with E-state index in [0.717, 1.165) is 0 Å². The zero-order chi connectivity index (χ0) is 10.1. The van der Waals surface area contributed by atoms with Crippen molar-refractivity contribution in [3.63, 3.8) is 0 Å². The Morgan fingerprint density at radius 2 is 2.00 bits per heavy atom. The van der Waals surface area contributed by atoms with Gasteiger partial charge in [-0.25, -0.2) is 0 Å². The molecule has 0 aliphatic carbocycles. The fourth-order valence-electron chi connectivity index (χ4n) is 2.01. The molecule has 2 heteroatoms. The number of rotatable bonds is 1. The van der Waals surface area contributed by atoms with Crippen molar-refractivity contribution in [3.05, 3.63) is 48.3 Å². The van der Waals surface area contributed by atoms with E-state index < -0.39 is 0 Å². The Hall–Kier alpha value is -1.15. The lowest BCUT2D eigenvalue weighted by Gasteiger charge is -2.16. The summed E-state index contributed by atoms with van der Waals surface area (Å²) in [6.45, 7) is 0. The van der Waals surface area contributed by atoms with E-state index >= 15 is 0 Å². The summed E-state index contributed by atoms with van der Waals surface area (Å²) in [6.07, 6.45) is 6.74. The molecule has 1 aliphatic heterocycles. The van der Waals surface area contributed by atoms with Crippen molar-refractivity contribution >= 4 is 11.8 Å². The van der Waals surface area contributed by atoms with Gasteiger partial charge in [-0.3, -0.25) is 0 Å². The van der Waals surface area contributed by atoms with Crippen LogP contribution in [0.5, 0.6) is 0 Å². The van der Waals surface area contributed by atoms with Crippen molar-refractivity contribution in [3.8, 4) is 5.69 Å². The molecule has 0 spiro atoms. The highest BCUT2D eigenvalue weighted by atomic mass is 32.2. The summed E-state index contributed by atoms with van der Waals surface area (Å²) in [6, 6.07) is 10.9. The summed E-state index contributed by atoms with van der Waals surface area (Å²) in [4.78, 5) is 1.47. The van der Waals surface area contributed by atoms with Crippen LogP contribution in [-0.4, -0.2) is 10.3 Å². The first-order chi connectivity index (χ1) is 7.43. The molecular weight excluding hydrogens is 202 g/mol. The fourth-order valence-corrected chi connectivity index (χ4v) is 3.03. The Morgan fingerprint density at radius 3 is 2.87 bits per heavy atom. The van der Waals surface area contributed by atoms with Gasteiger partial charge >= 0.3 is 0 Å². The lowest BCUT2D eigenvalue weighted by atomic mass is 10.1. The molecule has 0 unspecified atom stereocenters. The monoisotopic (exact) mass is 215 g/mol. The SMILES string of the molecule is c1ccn(-c2ccc3c(c2)CCCS3)c1. The van der Waals surface area contributed by atoms with E-state index in [1.54, 1.807) is 0 Å². The molecule has 1 aliphatic rings. The first-order valence-corrected chi connectivity index (χ1v) is 6.31. The predicted molar refractivity (Wildman–Crippen MR) is 64.8 cm³/mol. The van der Waals surface area contributed by atoms with Gasteiger partial charge in [0, 0.05) is 23.0 Å². The normalized spacial score (nSPS) is 14.9. The summed E-state index contributed by atoms with van der Waals surface area (Å²) in [7, 11) is 0. The van der Waals surface area contributed by atoms with Crippen LogP contribution in [0.4, 0.5) is 0 Å². The van der Waals surface area contributed by atoms with Crippen molar-refractivity contribution < 1.29 is 0 Å². The van der Waals surface area contributed by atoms with Gasteiger partial charge in [0.15, 0.2) is 0 Å². The number of aryl methyl sites for hydroxylation is 1. The molecule has 1 aromatic carbocycles. The summed E-state index contributed by atoms with van der Waals surface area (Å²) in [5.74, 6) is 1.27. The molecule has 0 saturated carbocycles. The molecule has 2 heterocycles. The van der Waals surface area contributed by atoms with E-state index in [9.17, 15) is 0 Å². The highest BCUT2D eigenvalue weighted by Crippen LogP contribution is 2.31. The summed E-state index contributed by atoms with van der Waals surface area (Å²) < 4.78 is 2.17. The number of benzene rings is 1. The third-order valence-corrected chi connectivity index (χ3v) is 4.00. The first kappa shape index (κ1) is 9.10. The molecule has 2 aromatic rings. The first-order valence-electron chi connectivity index (χ1n) is 5.32. The Balaban J connectivity index is 2.04. The number of nitrogens with zero attached hydrogens (tertiary/aromatic N) is 1. The molecule has 0 saturated heterocycles. The molecule has 15 heavy (non-hydrogen) atoms. The van der Waals surface area contributed by atoms with Crippen LogP contribution in [0.1, 0.15) is 12.0 Å². The van der Waals surface area contributed by atoms with Crippen LogP contribution in [-0.2, 0) is 6.42 Å². The third-order valence-electron chi connectivity index (χ3n) is 2.79. The maximum Gasteiger partial charge on any atom is 0.0452 e. The molecule has 0 atom stereocenters. The average Bonchev–Trinajstić information content (AvgIpc) is 2.82. The van der Waals surface area contributed by atoms with Crippen LogP contribution in [0.2, 0.25) is 0 Å². The van der Waals surface area contributed by atoms with Gasteiger partial charge in [-0.15, -0.1) is 11.8 Å². The molecule has 0 N–H and O–H groups in total. The van der Waals surface area contributed by atoms with E-state index in [-0.39, 0.29) is 0 Å². The third kappa shape index (κ3) is 1.70. The summed E-state index contributed by atoms with van der Waals surface area (Å²) in [5, 5.41) is 0. The van der Waals surface area contributed by atoms with E-state index in [2.05, 4.69) is 47.3 Å². The average molecular weight is 215 g/mol. The van der Waals surface area contributed by atoms with Crippen LogP contribution >= 0.6 is 11.8 Å². The van der Waals surface area contributed by atoms with E-state index in [1.807, 2.05) is 11.8 Å². The zero-order valence-electron chi connectivity index (χ0n) is 8.52. The van der Waals surface area contributed by atoms with Crippen LogP contribution < -0.4 is 0 Å². The van der Waals surface area contributed by atoms with Gasteiger partial charge in [-0.2, -0.15) is 0 Å². The minimum Gasteiger partial charge on any atom is -0.324 e. The standard InChI is InChI=1S/C13H13NS/c1-2-8-14(7-1)12-5-6-13-11(10-12)4-3-9-15-13/h1-2,5-8,10H,3-4,9H2. The van der Waals surface area contributed by atoms with Crippen LogP contribution in [0.3, 0.4) is 0 Å². The maximum atomic E-state index is 2.32. The van der Waals surface area contributed by atoms with Crippen molar-refractivity contribution in [1.29, 1.82) is 0 Å². The second-order valence-corrected chi connectivity index (χ2v) is 4.97. The number of hydrogen-bond acceptors (Lipinski definition) is 1. The second kappa shape index (κ2) is 3.78. The lowest BCUT2D eigenvalue weighted by Crippen LogP contribution is -2.00. The van der Waals surface area contributed by atoms with Gasteiger partial charge in [0.05, 0.1) is 0 Å². The van der Waals surface area contributed by atoms with Crippen LogP contribution in [0.25, 0.3) is 5.69 Å². The van der Waals surface area contributed by atoms with Gasteiger partial charge in [-0.1, -0.05) is 0 Å². The van der Waals surface area contributed by atoms with E-state index in [4.69, 9.17) is 0 Å². The molecule has 0 fully saturated rings. The quantitative estimate of drug-likeness (QED) is 0.704. The molecular formula is C13H13NS. The van der Waals surface area contributed by atoms with Gasteiger partial charge < -0.3 is 4.57 Å². The van der Waals surface area contributed by atoms with Crippen molar-refractivity contribution in [2.24, 2.45) is 0 Å². The number of aromatic nitrogens is 1. The molecule has 3 rings (SSSR count). The molecule has 0 radical (unpaired) electrons. The minimum absolute atomic E-state index is 1.23.